The summed E-state index contributed by atoms with van der Waals surface area (Å²) in [5, 5.41) is 9.65. The molecule has 1 aromatic carbocycles. The van der Waals surface area contributed by atoms with E-state index in [9.17, 15) is 4.79 Å². The minimum Gasteiger partial charge on any atom is -0.381 e. The molecule has 9 nitrogen and oxygen atoms in total. The van der Waals surface area contributed by atoms with Crippen LogP contribution in [-0.2, 0) is 23.1 Å². The van der Waals surface area contributed by atoms with Gasteiger partial charge >= 0.3 is 5.69 Å². The largest absolute Gasteiger partial charge is 0.381 e. The molecule has 34 heavy (non-hydrogen) atoms. The minimum absolute atomic E-state index is 0.0676. The van der Waals surface area contributed by atoms with Crippen LogP contribution < -0.4 is 5.69 Å². The molecule has 0 radical (unpaired) electrons. The Labute approximate surface area is 197 Å². The molecule has 9 heteroatoms. The minimum atomic E-state index is -0.0676. The van der Waals surface area contributed by atoms with Gasteiger partial charge in [-0.2, -0.15) is 0 Å². The Hall–Kier alpha value is -3.14. The number of nitrogens with zero attached hydrogens (tertiary/aromatic N) is 6. The number of imidazole rings is 1. The zero-order valence-corrected chi connectivity index (χ0v) is 20.1. The van der Waals surface area contributed by atoms with Crippen LogP contribution in [-0.4, -0.2) is 69.7 Å². The van der Waals surface area contributed by atoms with Gasteiger partial charge in [-0.3, -0.25) is 14.1 Å². The van der Waals surface area contributed by atoms with E-state index in [2.05, 4.69) is 32.2 Å². The number of likely N-dealkylation sites (N-methyl/N-ethyl adjacent to an activating group) is 1. The molecule has 4 aromatic rings. The summed E-state index contributed by atoms with van der Waals surface area (Å²) in [5.41, 5.74) is 5.03. The first-order valence-electron chi connectivity index (χ1n) is 11.5. The van der Waals surface area contributed by atoms with Gasteiger partial charge in [0, 0.05) is 43.9 Å². The van der Waals surface area contributed by atoms with Crippen LogP contribution in [0.25, 0.3) is 33.2 Å². The maximum absolute atomic E-state index is 13.1. The van der Waals surface area contributed by atoms with E-state index >= 15 is 0 Å². The van der Waals surface area contributed by atoms with Gasteiger partial charge in [0.2, 0.25) is 0 Å². The third-order valence-corrected chi connectivity index (χ3v) is 6.63. The topological polar surface area (TPSA) is 87.3 Å². The van der Waals surface area contributed by atoms with Crippen molar-refractivity contribution < 1.29 is 9.47 Å². The number of pyridine rings is 1. The third kappa shape index (κ3) is 4.11. The highest BCUT2D eigenvalue weighted by atomic mass is 16.5. The van der Waals surface area contributed by atoms with E-state index in [4.69, 9.17) is 9.47 Å². The first kappa shape index (κ1) is 22.6. The Balaban J connectivity index is 1.48. The Morgan fingerprint density at radius 1 is 1.12 bits per heavy atom. The van der Waals surface area contributed by atoms with Gasteiger partial charge in [0.05, 0.1) is 30.5 Å². The molecule has 5 rings (SSSR count). The Kier molecular flexibility index (Phi) is 6.16. The standard InChI is InChI=1S/C25H30N6O3/c1-29(2)9-10-34-15-18-7-5-17(14-26-18)16-6-8-22-21(11-16)23-24(28-27-22)30(3)25(32)31(23)19-12-20(13-19)33-4/h5-8,11,14,19-20H,9-10,12-13,15H2,1-4H3. The molecule has 0 spiro atoms. The van der Waals surface area contributed by atoms with Crippen LogP contribution in [0.4, 0.5) is 0 Å². The van der Waals surface area contributed by atoms with Crippen LogP contribution in [0, 0.1) is 0 Å². The molecule has 0 saturated heterocycles. The number of benzene rings is 1. The Morgan fingerprint density at radius 3 is 2.62 bits per heavy atom. The van der Waals surface area contributed by atoms with E-state index in [-0.39, 0.29) is 17.8 Å². The lowest BCUT2D eigenvalue weighted by Gasteiger charge is -2.34. The average molecular weight is 463 g/mol. The summed E-state index contributed by atoms with van der Waals surface area (Å²) in [6.07, 6.45) is 3.70. The molecule has 1 fully saturated rings. The number of hydrogen-bond donors (Lipinski definition) is 0. The SMILES string of the molecule is COC1CC(n2c(=O)n(C)c3nnc4ccc(-c5ccc(COCCN(C)C)nc5)cc4c32)C1. The highest BCUT2D eigenvalue weighted by Gasteiger charge is 2.34. The summed E-state index contributed by atoms with van der Waals surface area (Å²) in [4.78, 5) is 19.8. The first-order valence-corrected chi connectivity index (χ1v) is 11.5. The van der Waals surface area contributed by atoms with Crippen LogP contribution in [0.3, 0.4) is 0 Å². The molecule has 0 amide bonds. The predicted octanol–water partition coefficient (Wildman–Crippen LogP) is 2.77. The Bertz CT molecular complexity index is 1370. The number of aromatic nitrogens is 5. The average Bonchev–Trinajstić information content (AvgIpc) is 3.07. The van der Waals surface area contributed by atoms with Crippen molar-refractivity contribution in [2.24, 2.45) is 7.05 Å². The second kappa shape index (κ2) is 9.25. The fraction of sp³-hybridized carbons (Fsp3) is 0.440. The second-order valence-electron chi connectivity index (χ2n) is 9.19. The van der Waals surface area contributed by atoms with Crippen molar-refractivity contribution in [2.75, 3.05) is 34.4 Å². The lowest BCUT2D eigenvalue weighted by atomic mass is 9.89. The summed E-state index contributed by atoms with van der Waals surface area (Å²) < 4.78 is 14.6. The van der Waals surface area contributed by atoms with Gasteiger partial charge in [-0.15, -0.1) is 10.2 Å². The van der Waals surface area contributed by atoms with Gasteiger partial charge in [0.25, 0.3) is 0 Å². The van der Waals surface area contributed by atoms with Crippen LogP contribution in [0.5, 0.6) is 0 Å². The van der Waals surface area contributed by atoms with Crippen LogP contribution in [0.15, 0.2) is 41.3 Å². The molecule has 0 aliphatic heterocycles. The summed E-state index contributed by atoms with van der Waals surface area (Å²) in [7, 11) is 7.52. The van der Waals surface area contributed by atoms with E-state index in [0.29, 0.717) is 18.9 Å². The number of aryl methyl sites for hydroxylation is 1. The highest BCUT2D eigenvalue weighted by molar-refractivity contribution is 6.02. The highest BCUT2D eigenvalue weighted by Crippen LogP contribution is 2.37. The molecule has 1 aliphatic carbocycles. The molecular formula is C25H30N6O3. The van der Waals surface area contributed by atoms with E-state index in [1.54, 1.807) is 18.7 Å². The van der Waals surface area contributed by atoms with E-state index in [1.807, 2.05) is 43.1 Å². The van der Waals surface area contributed by atoms with Gasteiger partial charge in [0.15, 0.2) is 5.65 Å². The van der Waals surface area contributed by atoms with Gasteiger partial charge in [-0.1, -0.05) is 12.1 Å². The quantitative estimate of drug-likeness (QED) is 0.372. The molecule has 0 atom stereocenters. The third-order valence-electron chi connectivity index (χ3n) is 6.63. The molecule has 1 saturated carbocycles. The molecular weight excluding hydrogens is 432 g/mol. The van der Waals surface area contributed by atoms with Gasteiger partial charge in [-0.25, -0.2) is 4.79 Å². The lowest BCUT2D eigenvalue weighted by molar-refractivity contribution is 0.00635. The predicted molar refractivity (Wildman–Crippen MR) is 131 cm³/mol. The maximum Gasteiger partial charge on any atom is 0.330 e. The molecule has 0 unspecified atom stereocenters. The zero-order chi connectivity index (χ0) is 23.8. The van der Waals surface area contributed by atoms with Crippen molar-refractivity contribution in [3.8, 4) is 11.1 Å². The smallest absolute Gasteiger partial charge is 0.330 e. The van der Waals surface area contributed by atoms with Gasteiger partial charge in [0.1, 0.15) is 5.52 Å². The van der Waals surface area contributed by atoms with Crippen molar-refractivity contribution in [3.63, 3.8) is 0 Å². The number of ether oxygens (including phenoxy) is 2. The van der Waals surface area contributed by atoms with E-state index in [0.717, 1.165) is 52.6 Å². The number of hydrogen-bond acceptors (Lipinski definition) is 7. The first-order chi connectivity index (χ1) is 16.5. The molecule has 178 valence electrons. The molecule has 0 bridgehead atoms. The van der Waals surface area contributed by atoms with E-state index < -0.39 is 0 Å². The zero-order valence-electron chi connectivity index (χ0n) is 20.1. The second-order valence-corrected chi connectivity index (χ2v) is 9.19. The normalized spacial score (nSPS) is 18.1. The van der Waals surface area contributed by atoms with Crippen molar-refractivity contribution in [3.05, 3.63) is 52.7 Å². The van der Waals surface area contributed by atoms with Crippen molar-refractivity contribution in [1.82, 2.24) is 29.2 Å². The van der Waals surface area contributed by atoms with Crippen molar-refractivity contribution in [2.45, 2.75) is 31.6 Å². The van der Waals surface area contributed by atoms with E-state index in [1.165, 1.54) is 0 Å². The fourth-order valence-corrected chi connectivity index (χ4v) is 4.46. The molecule has 1 aliphatic rings. The van der Waals surface area contributed by atoms with Crippen LogP contribution in [0.1, 0.15) is 24.6 Å². The molecule has 3 aromatic heterocycles. The maximum atomic E-state index is 13.1. The molecule has 3 heterocycles. The number of methoxy groups -OCH3 is 1. The summed E-state index contributed by atoms with van der Waals surface area (Å²) in [6, 6.07) is 10.2. The Morgan fingerprint density at radius 2 is 1.91 bits per heavy atom. The summed E-state index contributed by atoms with van der Waals surface area (Å²) in [5.74, 6) is 0. The lowest BCUT2D eigenvalue weighted by Crippen LogP contribution is -2.37. The summed E-state index contributed by atoms with van der Waals surface area (Å²) >= 11 is 0. The van der Waals surface area contributed by atoms with Crippen molar-refractivity contribution in [1.29, 1.82) is 0 Å². The summed E-state index contributed by atoms with van der Waals surface area (Å²) in [6.45, 7) is 2.04. The monoisotopic (exact) mass is 462 g/mol. The van der Waals surface area contributed by atoms with Crippen LogP contribution >= 0.6 is 0 Å². The van der Waals surface area contributed by atoms with Gasteiger partial charge in [-0.05, 0) is 50.7 Å². The fourth-order valence-electron chi connectivity index (χ4n) is 4.46. The number of fused-ring (bicyclic) bond motifs is 3. The van der Waals surface area contributed by atoms with Crippen LogP contribution in [0.2, 0.25) is 0 Å². The molecule has 0 N–H and O–H groups in total. The van der Waals surface area contributed by atoms with Gasteiger partial charge < -0.3 is 14.4 Å². The number of rotatable bonds is 8. The van der Waals surface area contributed by atoms with Crippen molar-refractivity contribution >= 4 is 22.1 Å².